The van der Waals surface area contributed by atoms with Crippen molar-refractivity contribution in [3.63, 3.8) is 0 Å². The number of rotatable bonds is 7. The highest BCUT2D eigenvalue weighted by molar-refractivity contribution is 7.89. The Balaban J connectivity index is 1.35. The van der Waals surface area contributed by atoms with Gasteiger partial charge in [0.1, 0.15) is 0 Å². The Morgan fingerprint density at radius 3 is 2.18 bits per heavy atom. The van der Waals surface area contributed by atoms with Crippen LogP contribution in [0.25, 0.3) is 0 Å². The summed E-state index contributed by atoms with van der Waals surface area (Å²) in [6.45, 7) is 1.82. The molecule has 34 heavy (non-hydrogen) atoms. The van der Waals surface area contributed by atoms with E-state index in [-0.39, 0.29) is 36.2 Å². The lowest BCUT2D eigenvalue weighted by atomic mass is 10.1. The Kier molecular flexibility index (Phi) is 7.08. The number of benzene rings is 2. The number of hydrogen-bond acceptors (Lipinski definition) is 6. The lowest BCUT2D eigenvalue weighted by Gasteiger charge is -2.34. The fraction of sp³-hybridized carbons (Fsp3) is 0.417. The molecule has 4 rings (SSSR count). The van der Waals surface area contributed by atoms with Gasteiger partial charge >= 0.3 is 0 Å². The molecule has 2 fully saturated rings. The van der Waals surface area contributed by atoms with Crippen LogP contribution in [0.5, 0.6) is 11.5 Å². The topological polar surface area (TPSA) is 96.5 Å². The van der Waals surface area contributed by atoms with Crippen molar-refractivity contribution < 1.29 is 27.5 Å². The van der Waals surface area contributed by atoms with Crippen molar-refractivity contribution >= 4 is 27.5 Å². The van der Waals surface area contributed by atoms with Crippen LogP contribution < -0.4 is 14.4 Å². The van der Waals surface area contributed by atoms with E-state index < -0.39 is 10.0 Å². The third-order valence-electron chi connectivity index (χ3n) is 6.26. The van der Waals surface area contributed by atoms with Gasteiger partial charge in [0.15, 0.2) is 11.5 Å². The first-order chi connectivity index (χ1) is 16.3. The summed E-state index contributed by atoms with van der Waals surface area (Å²) in [6.07, 6.45) is 1.68. The lowest BCUT2D eigenvalue weighted by molar-refractivity contribution is -0.131. The summed E-state index contributed by atoms with van der Waals surface area (Å²) >= 11 is 0. The van der Waals surface area contributed by atoms with Gasteiger partial charge in [0.05, 0.1) is 25.5 Å². The first-order valence-electron chi connectivity index (χ1n) is 11.2. The van der Waals surface area contributed by atoms with Crippen LogP contribution in [0.2, 0.25) is 0 Å². The van der Waals surface area contributed by atoms with Gasteiger partial charge in [-0.25, -0.2) is 8.42 Å². The molecule has 2 heterocycles. The summed E-state index contributed by atoms with van der Waals surface area (Å²) < 4.78 is 38.0. The van der Waals surface area contributed by atoms with E-state index in [0.29, 0.717) is 31.0 Å². The monoisotopic (exact) mass is 487 g/mol. The number of carbonyl (C=O) groups excluding carboxylic acids is 2. The van der Waals surface area contributed by atoms with E-state index >= 15 is 0 Å². The number of nitrogens with zero attached hydrogens (tertiary/aromatic N) is 3. The summed E-state index contributed by atoms with van der Waals surface area (Å²) in [5.41, 5.74) is 1.72. The Bertz CT molecular complexity index is 1160. The van der Waals surface area contributed by atoms with Gasteiger partial charge in [-0.05, 0) is 36.2 Å². The van der Waals surface area contributed by atoms with Crippen LogP contribution in [-0.2, 0) is 26.0 Å². The van der Waals surface area contributed by atoms with Crippen molar-refractivity contribution in [1.82, 2.24) is 9.21 Å². The average molecular weight is 488 g/mol. The number of carbonyl (C=O) groups is 2. The van der Waals surface area contributed by atoms with Crippen LogP contribution in [0.1, 0.15) is 18.4 Å². The molecule has 2 amide bonds. The van der Waals surface area contributed by atoms with Gasteiger partial charge in [-0.1, -0.05) is 12.1 Å². The van der Waals surface area contributed by atoms with E-state index in [4.69, 9.17) is 9.47 Å². The van der Waals surface area contributed by atoms with Crippen molar-refractivity contribution in [2.75, 3.05) is 51.8 Å². The molecule has 10 heteroatoms. The largest absolute Gasteiger partial charge is 0.493 e. The van der Waals surface area contributed by atoms with E-state index in [0.717, 1.165) is 24.2 Å². The molecular weight excluding hydrogens is 458 g/mol. The minimum atomic E-state index is -3.72. The van der Waals surface area contributed by atoms with Gasteiger partial charge in [-0.15, -0.1) is 0 Å². The Morgan fingerprint density at radius 1 is 0.912 bits per heavy atom. The van der Waals surface area contributed by atoms with E-state index in [1.807, 2.05) is 24.3 Å². The van der Waals surface area contributed by atoms with Gasteiger partial charge in [-0.3, -0.25) is 9.59 Å². The second-order valence-corrected chi connectivity index (χ2v) is 10.2. The molecule has 0 bridgehead atoms. The van der Waals surface area contributed by atoms with Crippen molar-refractivity contribution in [3.8, 4) is 11.5 Å². The summed E-state index contributed by atoms with van der Waals surface area (Å²) in [4.78, 5) is 28.3. The summed E-state index contributed by atoms with van der Waals surface area (Å²) in [6, 6.07) is 12.0. The number of hydrogen-bond donors (Lipinski definition) is 0. The molecule has 2 aliphatic rings. The van der Waals surface area contributed by atoms with Crippen molar-refractivity contribution in [1.29, 1.82) is 0 Å². The van der Waals surface area contributed by atoms with Gasteiger partial charge in [0.2, 0.25) is 21.8 Å². The zero-order chi connectivity index (χ0) is 24.3. The molecule has 0 spiro atoms. The molecule has 0 aliphatic carbocycles. The van der Waals surface area contributed by atoms with Crippen LogP contribution in [0, 0.1) is 0 Å². The highest BCUT2D eigenvalue weighted by Crippen LogP contribution is 2.31. The van der Waals surface area contributed by atoms with E-state index in [2.05, 4.69) is 0 Å². The maximum absolute atomic E-state index is 13.1. The Hall–Kier alpha value is -3.11. The minimum absolute atomic E-state index is 0.0480. The highest BCUT2D eigenvalue weighted by atomic mass is 32.2. The summed E-state index contributed by atoms with van der Waals surface area (Å²) in [7, 11) is -0.770. The first-order valence-corrected chi connectivity index (χ1v) is 12.7. The smallest absolute Gasteiger partial charge is 0.243 e. The van der Waals surface area contributed by atoms with Crippen LogP contribution in [0.4, 0.5) is 5.69 Å². The van der Waals surface area contributed by atoms with Crippen molar-refractivity contribution in [3.05, 3.63) is 48.0 Å². The first kappa shape index (κ1) is 24.0. The Morgan fingerprint density at radius 2 is 1.59 bits per heavy atom. The third kappa shape index (κ3) is 4.88. The zero-order valence-corrected chi connectivity index (χ0v) is 20.2. The maximum Gasteiger partial charge on any atom is 0.243 e. The van der Waals surface area contributed by atoms with Crippen LogP contribution in [-0.4, -0.2) is 76.4 Å². The fourth-order valence-electron chi connectivity index (χ4n) is 4.31. The van der Waals surface area contributed by atoms with E-state index in [9.17, 15) is 18.0 Å². The normalized spacial score (nSPS) is 17.2. The number of sulfonamides is 1. The molecule has 182 valence electrons. The Labute approximate surface area is 199 Å². The average Bonchev–Trinajstić information content (AvgIpc) is 3.29. The van der Waals surface area contributed by atoms with Gasteiger partial charge in [-0.2, -0.15) is 4.31 Å². The quantitative estimate of drug-likeness (QED) is 0.592. The number of amides is 2. The van der Waals surface area contributed by atoms with Crippen molar-refractivity contribution in [2.45, 2.75) is 24.2 Å². The molecule has 9 nitrogen and oxygen atoms in total. The lowest BCUT2D eigenvalue weighted by Crippen LogP contribution is -2.50. The summed E-state index contributed by atoms with van der Waals surface area (Å²) in [5.74, 6) is 0.882. The highest BCUT2D eigenvalue weighted by Gasteiger charge is 2.31. The zero-order valence-electron chi connectivity index (χ0n) is 19.4. The van der Waals surface area contributed by atoms with Crippen LogP contribution in [0.15, 0.2) is 47.4 Å². The number of piperazine rings is 1. The second kappa shape index (κ2) is 10.0. The molecule has 2 aliphatic heterocycles. The molecule has 2 aromatic carbocycles. The number of methoxy groups -OCH3 is 2. The SMILES string of the molecule is COc1ccc(S(=O)(=O)N2CCN(C(=O)Cc3ccc(N4CCCC4=O)cc3)CC2)cc1OC. The predicted octanol–water partition coefficient (Wildman–Crippen LogP) is 1.91. The second-order valence-electron chi connectivity index (χ2n) is 8.29. The fourth-order valence-corrected chi connectivity index (χ4v) is 5.74. The molecule has 0 N–H and O–H groups in total. The number of ether oxygens (including phenoxy) is 2. The molecule has 0 radical (unpaired) electrons. The maximum atomic E-state index is 13.1. The van der Waals surface area contributed by atoms with Crippen molar-refractivity contribution in [2.24, 2.45) is 0 Å². The van der Waals surface area contributed by atoms with E-state index in [1.165, 1.54) is 30.7 Å². The van der Waals surface area contributed by atoms with Gasteiger partial charge in [0.25, 0.3) is 0 Å². The molecule has 0 saturated carbocycles. The molecular formula is C24H29N3O6S. The predicted molar refractivity (Wildman–Crippen MR) is 127 cm³/mol. The third-order valence-corrected chi connectivity index (χ3v) is 8.16. The van der Waals surface area contributed by atoms with Gasteiger partial charge in [0, 0.05) is 50.9 Å². The van der Waals surface area contributed by atoms with Crippen LogP contribution >= 0.6 is 0 Å². The molecule has 0 atom stereocenters. The summed E-state index contributed by atoms with van der Waals surface area (Å²) in [5, 5.41) is 0. The minimum Gasteiger partial charge on any atom is -0.493 e. The molecule has 0 aromatic heterocycles. The number of anilines is 1. The molecule has 2 saturated heterocycles. The van der Waals surface area contributed by atoms with Crippen LogP contribution in [0.3, 0.4) is 0 Å². The molecule has 2 aromatic rings. The van der Waals surface area contributed by atoms with Gasteiger partial charge < -0.3 is 19.3 Å². The van der Waals surface area contributed by atoms with E-state index in [1.54, 1.807) is 15.9 Å². The molecule has 0 unspecified atom stereocenters. The standard InChI is InChI=1S/C24H29N3O6S/c1-32-21-10-9-20(17-22(21)33-2)34(30,31)26-14-12-25(13-15-26)24(29)16-18-5-7-19(8-6-18)27-11-3-4-23(27)28/h5-10,17H,3-4,11-16H2,1-2H3.